The molecule has 1 saturated heterocycles. The van der Waals surface area contributed by atoms with E-state index in [1.165, 1.54) is 0 Å². The minimum absolute atomic E-state index is 0.198. The molecule has 1 aliphatic rings. The van der Waals surface area contributed by atoms with E-state index in [0.29, 0.717) is 26.3 Å². The van der Waals surface area contributed by atoms with Crippen LogP contribution in [0.25, 0.3) is 0 Å². The van der Waals surface area contributed by atoms with Crippen molar-refractivity contribution in [2.45, 2.75) is 12.6 Å². The number of hydrogen-bond donors (Lipinski definition) is 2. The minimum atomic E-state index is -0.537. The summed E-state index contributed by atoms with van der Waals surface area (Å²) in [5.74, 6) is -0.904. The number of morpholine rings is 1. The Morgan fingerprint density at radius 2 is 2.05 bits per heavy atom. The van der Waals surface area contributed by atoms with Gasteiger partial charge in [0.2, 0.25) is 0 Å². The molecule has 1 unspecified atom stereocenters. The molecule has 0 aromatic heterocycles. The maximum atomic E-state index is 13.4. The fraction of sp³-hybridized carbons (Fsp3) is 0.571. The van der Waals surface area contributed by atoms with E-state index in [4.69, 9.17) is 4.74 Å². The first-order valence-electron chi connectivity index (χ1n) is 6.78. The topological polar surface area (TPSA) is 44.7 Å². The first kappa shape index (κ1) is 15.3. The fourth-order valence-corrected chi connectivity index (χ4v) is 2.20. The highest BCUT2D eigenvalue weighted by Crippen LogP contribution is 2.09. The van der Waals surface area contributed by atoms with Crippen molar-refractivity contribution in [3.8, 4) is 0 Å². The van der Waals surface area contributed by atoms with E-state index in [9.17, 15) is 13.9 Å². The van der Waals surface area contributed by atoms with E-state index in [1.54, 1.807) is 0 Å². The van der Waals surface area contributed by atoms with E-state index in [1.807, 2.05) is 0 Å². The van der Waals surface area contributed by atoms with Gasteiger partial charge in [0.1, 0.15) is 11.6 Å². The van der Waals surface area contributed by atoms with Crippen LogP contribution in [0.4, 0.5) is 8.78 Å². The monoisotopic (exact) mass is 286 g/mol. The van der Waals surface area contributed by atoms with Crippen molar-refractivity contribution in [3.63, 3.8) is 0 Å². The summed E-state index contributed by atoms with van der Waals surface area (Å²) in [6, 6.07) is 3.36. The largest absolute Gasteiger partial charge is 0.390 e. The van der Waals surface area contributed by atoms with Crippen LogP contribution in [0.15, 0.2) is 18.2 Å². The molecule has 0 amide bonds. The normalized spacial score (nSPS) is 18.1. The summed E-state index contributed by atoms with van der Waals surface area (Å²) >= 11 is 0. The Bertz CT molecular complexity index is 426. The molecule has 0 bridgehead atoms. The van der Waals surface area contributed by atoms with Crippen LogP contribution < -0.4 is 5.32 Å². The number of ether oxygens (including phenoxy) is 1. The molecular weight excluding hydrogens is 266 g/mol. The van der Waals surface area contributed by atoms with Gasteiger partial charge in [-0.2, -0.15) is 0 Å². The van der Waals surface area contributed by atoms with E-state index in [2.05, 4.69) is 10.2 Å². The fourth-order valence-electron chi connectivity index (χ4n) is 2.20. The Morgan fingerprint density at radius 3 is 2.80 bits per heavy atom. The number of halogens is 2. The van der Waals surface area contributed by atoms with E-state index < -0.39 is 17.7 Å². The van der Waals surface area contributed by atoms with Crippen molar-refractivity contribution in [3.05, 3.63) is 35.4 Å². The zero-order chi connectivity index (χ0) is 14.4. The summed E-state index contributed by atoms with van der Waals surface area (Å²) in [6.45, 7) is 4.10. The highest BCUT2D eigenvalue weighted by atomic mass is 19.1. The summed E-state index contributed by atoms with van der Waals surface area (Å²) < 4.78 is 31.6. The Kier molecular flexibility index (Phi) is 5.85. The lowest BCUT2D eigenvalue weighted by Gasteiger charge is -2.28. The van der Waals surface area contributed by atoms with Crippen molar-refractivity contribution in [2.75, 3.05) is 39.4 Å². The number of aliphatic hydroxyl groups excluding tert-OH is 1. The molecular formula is C14H20F2N2O2. The van der Waals surface area contributed by atoms with E-state index in [0.717, 1.165) is 31.3 Å². The number of nitrogens with one attached hydrogen (secondary N) is 1. The lowest BCUT2D eigenvalue weighted by atomic mass is 10.2. The van der Waals surface area contributed by atoms with Crippen LogP contribution in [0.1, 0.15) is 5.56 Å². The average molecular weight is 286 g/mol. The van der Waals surface area contributed by atoms with Crippen LogP contribution in [-0.2, 0) is 11.3 Å². The molecule has 6 heteroatoms. The first-order valence-corrected chi connectivity index (χ1v) is 6.78. The second-order valence-electron chi connectivity index (χ2n) is 4.93. The second kappa shape index (κ2) is 7.64. The zero-order valence-electron chi connectivity index (χ0n) is 11.3. The van der Waals surface area contributed by atoms with Gasteiger partial charge in [0.25, 0.3) is 0 Å². The Balaban J connectivity index is 1.70. The molecule has 2 rings (SSSR count). The highest BCUT2D eigenvalue weighted by molar-refractivity contribution is 5.18. The van der Waals surface area contributed by atoms with Crippen molar-refractivity contribution in [2.24, 2.45) is 0 Å². The zero-order valence-corrected chi connectivity index (χ0v) is 11.3. The van der Waals surface area contributed by atoms with Crippen LogP contribution in [0.3, 0.4) is 0 Å². The highest BCUT2D eigenvalue weighted by Gasteiger charge is 2.14. The first-order chi connectivity index (χ1) is 9.65. The quantitative estimate of drug-likeness (QED) is 0.810. The van der Waals surface area contributed by atoms with Crippen LogP contribution >= 0.6 is 0 Å². The Labute approximate surface area is 117 Å². The number of benzene rings is 1. The summed E-state index contributed by atoms with van der Waals surface area (Å²) in [4.78, 5) is 2.12. The Morgan fingerprint density at radius 1 is 1.30 bits per heavy atom. The molecule has 1 fully saturated rings. The number of hydrogen-bond acceptors (Lipinski definition) is 4. The SMILES string of the molecule is OC(CNCc1cc(F)ccc1F)CN1CCOCC1. The molecule has 1 atom stereocenters. The molecule has 2 N–H and O–H groups in total. The number of aliphatic hydroxyl groups is 1. The number of nitrogens with zero attached hydrogens (tertiary/aromatic N) is 1. The van der Waals surface area contributed by atoms with Gasteiger partial charge in [-0.3, -0.25) is 4.90 Å². The van der Waals surface area contributed by atoms with Gasteiger partial charge in [-0.1, -0.05) is 0 Å². The predicted molar refractivity (Wildman–Crippen MR) is 71.3 cm³/mol. The van der Waals surface area contributed by atoms with Crippen molar-refractivity contribution >= 4 is 0 Å². The van der Waals surface area contributed by atoms with Crippen molar-refractivity contribution in [1.29, 1.82) is 0 Å². The smallest absolute Gasteiger partial charge is 0.127 e. The lowest BCUT2D eigenvalue weighted by molar-refractivity contribution is 0.0149. The third-order valence-electron chi connectivity index (χ3n) is 3.28. The molecule has 0 aliphatic carbocycles. The van der Waals surface area contributed by atoms with Gasteiger partial charge in [0, 0.05) is 38.3 Å². The molecule has 0 radical (unpaired) electrons. The van der Waals surface area contributed by atoms with E-state index >= 15 is 0 Å². The predicted octanol–water partition coefficient (Wildman–Crippen LogP) is 0.747. The van der Waals surface area contributed by atoms with Crippen LogP contribution in [0.2, 0.25) is 0 Å². The number of β-amino-alcohol motifs (C(OH)–C–C–N with tert-alkyl or cyclic N) is 1. The average Bonchev–Trinajstić information content (AvgIpc) is 2.44. The van der Waals surface area contributed by atoms with E-state index in [-0.39, 0.29) is 12.1 Å². The van der Waals surface area contributed by atoms with Crippen LogP contribution in [0, 0.1) is 11.6 Å². The summed E-state index contributed by atoms with van der Waals surface area (Å²) in [5.41, 5.74) is 0.267. The molecule has 1 aromatic rings. The molecule has 20 heavy (non-hydrogen) atoms. The van der Waals surface area contributed by atoms with Crippen LogP contribution in [0.5, 0.6) is 0 Å². The molecule has 112 valence electrons. The van der Waals surface area contributed by atoms with Gasteiger partial charge in [-0.15, -0.1) is 0 Å². The third-order valence-corrected chi connectivity index (χ3v) is 3.28. The summed E-state index contributed by atoms with van der Waals surface area (Å²) in [7, 11) is 0. The molecule has 0 spiro atoms. The summed E-state index contributed by atoms with van der Waals surface area (Å²) in [5, 5.41) is 12.8. The maximum Gasteiger partial charge on any atom is 0.127 e. The van der Waals surface area contributed by atoms with Gasteiger partial charge < -0.3 is 15.2 Å². The standard InChI is InChI=1S/C14H20F2N2O2/c15-12-1-2-14(16)11(7-12)8-17-9-13(19)10-18-3-5-20-6-4-18/h1-2,7,13,17,19H,3-6,8-10H2. The lowest BCUT2D eigenvalue weighted by Crippen LogP contribution is -2.43. The van der Waals surface area contributed by atoms with Gasteiger partial charge in [-0.05, 0) is 18.2 Å². The minimum Gasteiger partial charge on any atom is -0.390 e. The van der Waals surface area contributed by atoms with Gasteiger partial charge in [0.15, 0.2) is 0 Å². The molecule has 1 aromatic carbocycles. The molecule has 1 heterocycles. The van der Waals surface area contributed by atoms with Gasteiger partial charge in [0.05, 0.1) is 19.3 Å². The van der Waals surface area contributed by atoms with Gasteiger partial charge in [-0.25, -0.2) is 8.78 Å². The summed E-state index contributed by atoms with van der Waals surface area (Å²) in [6.07, 6.45) is -0.537. The Hall–Kier alpha value is -1.08. The van der Waals surface area contributed by atoms with Gasteiger partial charge >= 0.3 is 0 Å². The number of rotatable bonds is 6. The molecule has 0 saturated carbocycles. The maximum absolute atomic E-state index is 13.4. The van der Waals surface area contributed by atoms with Crippen molar-refractivity contribution < 1.29 is 18.6 Å². The third kappa shape index (κ3) is 4.79. The van der Waals surface area contributed by atoms with Crippen LogP contribution in [-0.4, -0.2) is 55.5 Å². The molecule has 4 nitrogen and oxygen atoms in total. The van der Waals surface area contributed by atoms with Crippen molar-refractivity contribution in [1.82, 2.24) is 10.2 Å². The molecule has 1 aliphatic heterocycles. The second-order valence-corrected chi connectivity index (χ2v) is 4.93.